The maximum Gasteiger partial charge on any atom is 0.343 e. The standard InChI is InChI=1S/C30H22INO5S/c1-2-36-25-16-19(15-24(31)27(25)37-29(34)21-10-4-3-5-11-21)17-26-28(33)32(30(35)38-26)18-22-13-8-12-20-9-6-7-14-23(20)22/h3-17H,2,18H2,1H3/b26-17-. The molecule has 0 aliphatic carbocycles. The van der Waals surface area contributed by atoms with Crippen molar-refractivity contribution in [1.29, 1.82) is 0 Å². The monoisotopic (exact) mass is 635 g/mol. The number of rotatable bonds is 7. The first-order chi connectivity index (χ1) is 18.4. The molecule has 1 saturated heterocycles. The molecular weight excluding hydrogens is 613 g/mol. The van der Waals surface area contributed by atoms with Crippen molar-refractivity contribution in [2.45, 2.75) is 13.5 Å². The van der Waals surface area contributed by atoms with Crippen LogP contribution in [0.5, 0.6) is 11.5 Å². The van der Waals surface area contributed by atoms with Crippen LogP contribution >= 0.6 is 34.4 Å². The summed E-state index contributed by atoms with van der Waals surface area (Å²) in [5.41, 5.74) is 1.99. The van der Waals surface area contributed by atoms with Crippen LogP contribution in [0.25, 0.3) is 16.8 Å². The van der Waals surface area contributed by atoms with Crippen LogP contribution in [0.4, 0.5) is 4.79 Å². The Balaban J connectivity index is 1.41. The SMILES string of the molecule is CCOc1cc(/C=C2\SC(=O)N(Cc3cccc4ccccc34)C2=O)cc(I)c1OC(=O)c1ccccc1. The fraction of sp³-hybridized carbons (Fsp3) is 0.100. The molecule has 6 nitrogen and oxygen atoms in total. The molecule has 38 heavy (non-hydrogen) atoms. The summed E-state index contributed by atoms with van der Waals surface area (Å²) in [6.07, 6.45) is 1.67. The fourth-order valence-electron chi connectivity index (χ4n) is 4.15. The van der Waals surface area contributed by atoms with Gasteiger partial charge in [-0.05, 0) is 93.5 Å². The summed E-state index contributed by atoms with van der Waals surface area (Å²) >= 11 is 2.98. The molecule has 0 bridgehead atoms. The number of hydrogen-bond donors (Lipinski definition) is 0. The number of fused-ring (bicyclic) bond motifs is 1. The van der Waals surface area contributed by atoms with Crippen molar-refractivity contribution in [1.82, 2.24) is 4.90 Å². The summed E-state index contributed by atoms with van der Waals surface area (Å²) in [5, 5.41) is 1.75. The molecule has 0 N–H and O–H groups in total. The highest BCUT2D eigenvalue weighted by atomic mass is 127. The van der Waals surface area contributed by atoms with Crippen molar-refractivity contribution in [3.8, 4) is 11.5 Å². The summed E-state index contributed by atoms with van der Waals surface area (Å²) in [6, 6.07) is 26.0. The lowest BCUT2D eigenvalue weighted by molar-refractivity contribution is -0.123. The highest BCUT2D eigenvalue weighted by Gasteiger charge is 2.35. The Bertz CT molecular complexity index is 1580. The van der Waals surface area contributed by atoms with Crippen LogP contribution in [0.1, 0.15) is 28.4 Å². The van der Waals surface area contributed by atoms with E-state index in [0.717, 1.165) is 28.1 Å². The minimum atomic E-state index is -0.494. The molecule has 0 unspecified atom stereocenters. The van der Waals surface area contributed by atoms with E-state index < -0.39 is 5.97 Å². The number of thioether (sulfide) groups is 1. The molecule has 0 saturated carbocycles. The molecule has 8 heteroatoms. The summed E-state index contributed by atoms with van der Waals surface area (Å²) in [4.78, 5) is 40.3. The number of nitrogens with zero attached hydrogens (tertiary/aromatic N) is 1. The Hall–Kier alpha value is -3.63. The molecule has 1 aliphatic heterocycles. The largest absolute Gasteiger partial charge is 0.490 e. The van der Waals surface area contributed by atoms with E-state index in [-0.39, 0.29) is 17.7 Å². The average Bonchev–Trinajstić information content (AvgIpc) is 3.18. The van der Waals surface area contributed by atoms with Crippen molar-refractivity contribution in [3.63, 3.8) is 0 Å². The third kappa shape index (κ3) is 5.46. The second-order valence-corrected chi connectivity index (χ2v) is 10.6. The van der Waals surface area contributed by atoms with Crippen LogP contribution < -0.4 is 9.47 Å². The quantitative estimate of drug-likeness (QED) is 0.0919. The van der Waals surface area contributed by atoms with Gasteiger partial charge in [-0.15, -0.1) is 0 Å². The number of carbonyl (C=O) groups is 3. The van der Waals surface area contributed by atoms with Crippen LogP contribution in [0, 0.1) is 3.57 Å². The lowest BCUT2D eigenvalue weighted by atomic mass is 10.0. The lowest BCUT2D eigenvalue weighted by Gasteiger charge is -2.15. The molecule has 1 fully saturated rings. The van der Waals surface area contributed by atoms with Crippen LogP contribution in [0.3, 0.4) is 0 Å². The number of carbonyl (C=O) groups excluding carboxylic acids is 3. The minimum Gasteiger partial charge on any atom is -0.490 e. The van der Waals surface area contributed by atoms with E-state index >= 15 is 0 Å². The van der Waals surface area contributed by atoms with Crippen LogP contribution in [0.2, 0.25) is 0 Å². The molecule has 1 heterocycles. The number of imide groups is 1. The second kappa shape index (κ2) is 11.4. The predicted molar refractivity (Wildman–Crippen MR) is 157 cm³/mol. The van der Waals surface area contributed by atoms with E-state index in [1.165, 1.54) is 4.90 Å². The average molecular weight is 635 g/mol. The third-order valence-electron chi connectivity index (χ3n) is 5.92. The molecule has 4 aromatic rings. The van der Waals surface area contributed by atoms with Gasteiger partial charge >= 0.3 is 5.97 Å². The Morgan fingerprint density at radius 1 is 0.974 bits per heavy atom. The van der Waals surface area contributed by atoms with Crippen molar-refractivity contribution in [3.05, 3.63) is 110 Å². The molecule has 4 aromatic carbocycles. The first kappa shape index (κ1) is 26.0. The Morgan fingerprint density at radius 2 is 1.71 bits per heavy atom. The summed E-state index contributed by atoms with van der Waals surface area (Å²) in [7, 11) is 0. The van der Waals surface area contributed by atoms with Gasteiger partial charge in [-0.1, -0.05) is 60.7 Å². The second-order valence-electron chi connectivity index (χ2n) is 8.42. The van der Waals surface area contributed by atoms with Crippen LogP contribution in [-0.4, -0.2) is 28.6 Å². The maximum atomic E-state index is 13.2. The van der Waals surface area contributed by atoms with Crippen molar-refractivity contribution < 1.29 is 23.9 Å². The van der Waals surface area contributed by atoms with Gasteiger partial charge in [-0.25, -0.2) is 4.79 Å². The smallest absolute Gasteiger partial charge is 0.343 e. The van der Waals surface area contributed by atoms with Crippen molar-refractivity contribution in [2.75, 3.05) is 6.61 Å². The van der Waals surface area contributed by atoms with E-state index in [1.54, 1.807) is 42.5 Å². The molecule has 5 rings (SSSR count). The zero-order valence-electron chi connectivity index (χ0n) is 20.3. The van der Waals surface area contributed by atoms with E-state index in [2.05, 4.69) is 22.6 Å². The third-order valence-corrected chi connectivity index (χ3v) is 7.62. The normalized spacial score (nSPS) is 14.4. The predicted octanol–water partition coefficient (Wildman–Crippen LogP) is 7.30. The molecule has 0 aromatic heterocycles. The number of amides is 2. The molecule has 190 valence electrons. The lowest BCUT2D eigenvalue weighted by Crippen LogP contribution is -2.27. The van der Waals surface area contributed by atoms with Crippen molar-refractivity contribution in [2.24, 2.45) is 0 Å². The van der Waals surface area contributed by atoms with Gasteiger partial charge < -0.3 is 9.47 Å². The minimum absolute atomic E-state index is 0.194. The van der Waals surface area contributed by atoms with E-state index in [0.29, 0.717) is 37.7 Å². The number of benzene rings is 4. The van der Waals surface area contributed by atoms with Gasteiger partial charge in [0.1, 0.15) is 0 Å². The summed E-state index contributed by atoms with van der Waals surface area (Å²) in [6.45, 7) is 2.39. The van der Waals surface area contributed by atoms with Gasteiger partial charge in [0, 0.05) is 0 Å². The molecule has 0 atom stereocenters. The zero-order valence-corrected chi connectivity index (χ0v) is 23.3. The molecule has 1 aliphatic rings. The Kier molecular flexibility index (Phi) is 7.80. The first-order valence-electron chi connectivity index (χ1n) is 11.9. The van der Waals surface area contributed by atoms with E-state index in [1.807, 2.05) is 55.5 Å². The van der Waals surface area contributed by atoms with Gasteiger partial charge in [0.05, 0.1) is 27.2 Å². The topological polar surface area (TPSA) is 72.9 Å². The highest BCUT2D eigenvalue weighted by molar-refractivity contribution is 14.1. The van der Waals surface area contributed by atoms with Gasteiger partial charge in [0.15, 0.2) is 11.5 Å². The molecule has 2 amide bonds. The molecule has 0 radical (unpaired) electrons. The Labute approximate surface area is 237 Å². The number of halogens is 1. The molecular formula is C30H22INO5S. The number of hydrogen-bond acceptors (Lipinski definition) is 6. The highest BCUT2D eigenvalue weighted by Crippen LogP contribution is 2.38. The molecule has 0 spiro atoms. The van der Waals surface area contributed by atoms with Gasteiger partial charge in [0.2, 0.25) is 0 Å². The fourth-order valence-corrected chi connectivity index (χ4v) is 5.72. The summed E-state index contributed by atoms with van der Waals surface area (Å²) < 4.78 is 12.1. The Morgan fingerprint density at radius 3 is 2.50 bits per heavy atom. The van der Waals surface area contributed by atoms with Gasteiger partial charge in [-0.3, -0.25) is 14.5 Å². The number of ether oxygens (including phenoxy) is 2. The maximum absolute atomic E-state index is 13.2. The van der Waals surface area contributed by atoms with Crippen LogP contribution in [0.15, 0.2) is 89.8 Å². The zero-order chi connectivity index (χ0) is 26.6. The number of esters is 1. The van der Waals surface area contributed by atoms with Crippen molar-refractivity contribution >= 4 is 68.3 Å². The van der Waals surface area contributed by atoms with E-state index in [9.17, 15) is 14.4 Å². The van der Waals surface area contributed by atoms with E-state index in [4.69, 9.17) is 9.47 Å². The van der Waals surface area contributed by atoms with Crippen LogP contribution in [-0.2, 0) is 11.3 Å². The summed E-state index contributed by atoms with van der Waals surface area (Å²) in [5.74, 6) is -0.153. The van der Waals surface area contributed by atoms with Gasteiger partial charge in [0.25, 0.3) is 11.1 Å². The first-order valence-corrected chi connectivity index (χ1v) is 13.8. The van der Waals surface area contributed by atoms with Gasteiger partial charge in [-0.2, -0.15) is 0 Å².